The van der Waals surface area contributed by atoms with Crippen LogP contribution in [0.1, 0.15) is 21.9 Å². The van der Waals surface area contributed by atoms with Crippen LogP contribution in [-0.4, -0.2) is 31.9 Å². The lowest BCUT2D eigenvalue weighted by Gasteiger charge is -2.38. The largest absolute Gasteiger partial charge is 0.379 e. The van der Waals surface area contributed by atoms with Crippen molar-refractivity contribution in [3.63, 3.8) is 0 Å². The Morgan fingerprint density at radius 3 is 1.79 bits per heavy atom. The molecule has 6 heteroatoms. The molecule has 3 aromatic carbocycles. The third-order valence-corrected chi connectivity index (χ3v) is 7.27. The van der Waals surface area contributed by atoms with Crippen LogP contribution in [0.4, 0.5) is 0 Å². The fourth-order valence-corrected chi connectivity index (χ4v) is 5.08. The van der Waals surface area contributed by atoms with Crippen molar-refractivity contribution >= 4 is 21.6 Å². The minimum Gasteiger partial charge on any atom is -0.379 e. The molecule has 0 spiro atoms. The Labute approximate surface area is 171 Å². The summed E-state index contributed by atoms with van der Waals surface area (Å²) < 4.78 is 28.0. The highest BCUT2D eigenvalue weighted by Gasteiger charge is 2.49. The van der Waals surface area contributed by atoms with Crippen molar-refractivity contribution in [3.8, 4) is 0 Å². The molecule has 0 saturated carbocycles. The zero-order valence-corrected chi connectivity index (χ0v) is 17.2. The van der Waals surface area contributed by atoms with Gasteiger partial charge in [0.15, 0.2) is 0 Å². The SMILES string of the molecule is CN(C)S(=O)(=O)[C@H](c1ccccc1)[C@@](O)(c1ccccc1)c1ccc(Cl)cc1. The summed E-state index contributed by atoms with van der Waals surface area (Å²) in [6, 6.07) is 24.2. The van der Waals surface area contributed by atoms with Gasteiger partial charge in [0.2, 0.25) is 10.0 Å². The van der Waals surface area contributed by atoms with Crippen LogP contribution < -0.4 is 0 Å². The molecule has 3 rings (SSSR count). The minimum absolute atomic E-state index is 0.447. The predicted molar refractivity (Wildman–Crippen MR) is 113 cm³/mol. The Morgan fingerprint density at radius 2 is 1.29 bits per heavy atom. The van der Waals surface area contributed by atoms with Crippen molar-refractivity contribution in [2.24, 2.45) is 0 Å². The molecule has 146 valence electrons. The van der Waals surface area contributed by atoms with Gasteiger partial charge in [-0.1, -0.05) is 84.4 Å². The molecule has 0 unspecified atom stereocenters. The molecule has 0 radical (unpaired) electrons. The summed E-state index contributed by atoms with van der Waals surface area (Å²) in [7, 11) is -0.964. The van der Waals surface area contributed by atoms with Crippen molar-refractivity contribution in [2.75, 3.05) is 14.1 Å². The van der Waals surface area contributed by atoms with Gasteiger partial charge in [-0.25, -0.2) is 12.7 Å². The van der Waals surface area contributed by atoms with Crippen molar-refractivity contribution < 1.29 is 13.5 Å². The Morgan fingerprint density at radius 1 is 0.821 bits per heavy atom. The van der Waals surface area contributed by atoms with Gasteiger partial charge >= 0.3 is 0 Å². The maximum Gasteiger partial charge on any atom is 0.224 e. The molecule has 0 aliphatic rings. The van der Waals surface area contributed by atoms with Crippen LogP contribution in [0.15, 0.2) is 84.9 Å². The predicted octanol–water partition coefficient (Wildman–Crippen LogP) is 4.21. The van der Waals surface area contributed by atoms with E-state index in [9.17, 15) is 13.5 Å². The number of halogens is 1. The van der Waals surface area contributed by atoms with Gasteiger partial charge < -0.3 is 5.11 Å². The summed E-state index contributed by atoms with van der Waals surface area (Å²) in [6.07, 6.45) is 0. The molecule has 4 nitrogen and oxygen atoms in total. The summed E-state index contributed by atoms with van der Waals surface area (Å²) in [5.74, 6) is 0. The third-order valence-electron chi connectivity index (χ3n) is 4.79. The van der Waals surface area contributed by atoms with Gasteiger partial charge in [0.05, 0.1) is 0 Å². The lowest BCUT2D eigenvalue weighted by molar-refractivity contribution is 0.0732. The second-order valence-corrected chi connectivity index (χ2v) is 9.43. The summed E-state index contributed by atoms with van der Waals surface area (Å²) in [6.45, 7) is 0. The zero-order valence-electron chi connectivity index (χ0n) is 15.7. The van der Waals surface area contributed by atoms with Crippen LogP contribution in [0.2, 0.25) is 5.02 Å². The Bertz CT molecular complexity index is 1020. The van der Waals surface area contributed by atoms with E-state index in [0.29, 0.717) is 21.7 Å². The quantitative estimate of drug-likeness (QED) is 0.656. The number of hydrogen-bond donors (Lipinski definition) is 1. The maximum atomic E-state index is 13.4. The van der Waals surface area contributed by atoms with Crippen LogP contribution in [0, 0.1) is 0 Å². The van der Waals surface area contributed by atoms with Gasteiger partial charge in [0.25, 0.3) is 0 Å². The standard InChI is InChI=1S/C22H22ClNO3S/c1-24(2)28(26,27)21(17-9-5-3-6-10-17)22(25,18-11-7-4-8-12-18)19-13-15-20(23)16-14-19/h3-16,21,25H,1-2H3/t21-,22-/m1/s1. The molecule has 1 N–H and O–H groups in total. The summed E-state index contributed by atoms with van der Waals surface area (Å²) in [5.41, 5.74) is -0.396. The first-order valence-corrected chi connectivity index (χ1v) is 10.7. The second-order valence-electron chi connectivity index (χ2n) is 6.76. The summed E-state index contributed by atoms with van der Waals surface area (Å²) in [4.78, 5) is 0. The molecule has 2 atom stereocenters. The molecule has 0 saturated heterocycles. The van der Waals surface area contributed by atoms with Crippen LogP contribution in [0.3, 0.4) is 0 Å². The molecule has 28 heavy (non-hydrogen) atoms. The van der Waals surface area contributed by atoms with E-state index in [1.807, 2.05) is 12.1 Å². The Kier molecular flexibility index (Phi) is 5.91. The van der Waals surface area contributed by atoms with Gasteiger partial charge in [-0.05, 0) is 28.8 Å². The van der Waals surface area contributed by atoms with E-state index < -0.39 is 20.9 Å². The van der Waals surface area contributed by atoms with Crippen molar-refractivity contribution in [2.45, 2.75) is 10.9 Å². The van der Waals surface area contributed by atoms with E-state index in [4.69, 9.17) is 11.6 Å². The van der Waals surface area contributed by atoms with Gasteiger partial charge in [-0.15, -0.1) is 0 Å². The van der Waals surface area contributed by atoms with Crippen LogP contribution >= 0.6 is 11.6 Å². The highest BCUT2D eigenvalue weighted by Crippen LogP contribution is 2.46. The summed E-state index contributed by atoms with van der Waals surface area (Å²) in [5, 5.41) is 11.3. The first kappa shape index (κ1) is 20.6. The van der Waals surface area contributed by atoms with Crippen molar-refractivity contribution in [3.05, 3.63) is 107 Å². The number of rotatable bonds is 6. The number of benzene rings is 3. The lowest BCUT2D eigenvalue weighted by Crippen LogP contribution is -2.43. The van der Waals surface area contributed by atoms with Crippen molar-refractivity contribution in [1.29, 1.82) is 0 Å². The molecule has 0 heterocycles. The minimum atomic E-state index is -3.91. The van der Waals surface area contributed by atoms with E-state index in [1.165, 1.54) is 14.1 Å². The molecule has 0 aliphatic carbocycles. The normalized spacial score (nSPS) is 15.2. The van der Waals surface area contributed by atoms with E-state index in [2.05, 4.69) is 0 Å². The van der Waals surface area contributed by atoms with Crippen LogP contribution in [-0.2, 0) is 15.6 Å². The van der Waals surface area contributed by atoms with Gasteiger partial charge in [0.1, 0.15) is 10.9 Å². The first-order chi connectivity index (χ1) is 13.3. The van der Waals surface area contributed by atoms with E-state index >= 15 is 0 Å². The number of sulfonamides is 1. The Balaban J connectivity index is 2.37. The maximum absolute atomic E-state index is 13.4. The molecule has 0 fully saturated rings. The van der Waals surface area contributed by atoms with E-state index in [1.54, 1.807) is 72.8 Å². The van der Waals surface area contributed by atoms with Crippen LogP contribution in [0.5, 0.6) is 0 Å². The summed E-state index contributed by atoms with van der Waals surface area (Å²) >= 11 is 6.04. The molecule has 0 bridgehead atoms. The monoisotopic (exact) mass is 415 g/mol. The molecule has 0 amide bonds. The van der Waals surface area contributed by atoms with E-state index in [-0.39, 0.29) is 0 Å². The Hall–Kier alpha value is -2.18. The zero-order chi connectivity index (χ0) is 20.4. The highest BCUT2D eigenvalue weighted by atomic mass is 35.5. The van der Waals surface area contributed by atoms with E-state index in [0.717, 1.165) is 4.31 Å². The average molecular weight is 416 g/mol. The highest BCUT2D eigenvalue weighted by molar-refractivity contribution is 7.89. The lowest BCUT2D eigenvalue weighted by atomic mass is 9.81. The third kappa shape index (κ3) is 3.71. The average Bonchev–Trinajstić information content (AvgIpc) is 2.69. The molecular formula is C22H22ClNO3S. The van der Waals surface area contributed by atoms with Gasteiger partial charge in [-0.2, -0.15) is 0 Å². The number of aliphatic hydroxyl groups is 1. The molecule has 3 aromatic rings. The first-order valence-electron chi connectivity index (χ1n) is 8.78. The molecule has 0 aromatic heterocycles. The smallest absolute Gasteiger partial charge is 0.224 e. The number of hydrogen-bond acceptors (Lipinski definition) is 3. The number of nitrogens with zero attached hydrogens (tertiary/aromatic N) is 1. The molecular weight excluding hydrogens is 394 g/mol. The second kappa shape index (κ2) is 8.05. The van der Waals surface area contributed by atoms with Crippen molar-refractivity contribution in [1.82, 2.24) is 4.31 Å². The fraction of sp³-hybridized carbons (Fsp3) is 0.182. The van der Waals surface area contributed by atoms with Gasteiger partial charge in [-0.3, -0.25) is 0 Å². The fourth-order valence-electron chi connectivity index (χ4n) is 3.33. The topological polar surface area (TPSA) is 57.6 Å². The molecule has 0 aliphatic heterocycles. The van der Waals surface area contributed by atoms with Crippen LogP contribution in [0.25, 0.3) is 0 Å². The van der Waals surface area contributed by atoms with Gasteiger partial charge in [0, 0.05) is 19.1 Å².